The first-order chi connectivity index (χ1) is 9.08. The molecule has 0 saturated carbocycles. The molecule has 0 aromatic rings. The molecule has 114 valence electrons. The van der Waals surface area contributed by atoms with Crippen LogP contribution in [0, 0.1) is 0 Å². The molecule has 5 heteroatoms. The zero-order chi connectivity index (χ0) is 14.0. The predicted octanol–water partition coefficient (Wildman–Crippen LogP) is 4.48. The molecule has 2 nitrogen and oxygen atoms in total. The Kier molecular flexibility index (Phi) is 8.46. The molecule has 0 radical (unpaired) electrons. The number of hydrogen-bond donors (Lipinski definition) is 0. The molecular weight excluding hydrogens is 257 g/mol. The minimum Gasteiger partial charge on any atom is -0.379 e. The minimum atomic E-state index is -4.00. The fourth-order valence-electron chi connectivity index (χ4n) is 2.21. The van der Waals surface area contributed by atoms with Crippen LogP contribution in [0.4, 0.5) is 13.2 Å². The molecule has 19 heavy (non-hydrogen) atoms. The van der Waals surface area contributed by atoms with Crippen molar-refractivity contribution in [2.75, 3.05) is 19.8 Å². The van der Waals surface area contributed by atoms with Gasteiger partial charge in [-0.2, -0.15) is 13.2 Å². The van der Waals surface area contributed by atoms with Gasteiger partial charge in [0.05, 0.1) is 12.7 Å². The minimum absolute atomic E-state index is 0.250. The largest absolute Gasteiger partial charge is 0.389 e. The van der Waals surface area contributed by atoms with Crippen molar-refractivity contribution in [2.24, 2.45) is 0 Å². The van der Waals surface area contributed by atoms with Gasteiger partial charge in [-0.15, -0.1) is 0 Å². The molecule has 0 spiro atoms. The Morgan fingerprint density at radius 1 is 1.00 bits per heavy atom. The lowest BCUT2D eigenvalue weighted by molar-refractivity contribution is -0.135. The van der Waals surface area contributed by atoms with E-state index in [2.05, 4.69) is 0 Å². The van der Waals surface area contributed by atoms with Crippen LogP contribution in [0.25, 0.3) is 0 Å². The summed E-state index contributed by atoms with van der Waals surface area (Å²) in [5.41, 5.74) is 0. The van der Waals surface area contributed by atoms with Crippen molar-refractivity contribution < 1.29 is 22.6 Å². The summed E-state index contributed by atoms with van der Waals surface area (Å²) in [6, 6.07) is 0. The summed E-state index contributed by atoms with van der Waals surface area (Å²) in [7, 11) is 0. The first-order valence-electron chi connectivity index (χ1n) is 7.34. The normalized spacial score (nSPS) is 20.7. The molecule has 1 aliphatic heterocycles. The molecule has 0 aliphatic carbocycles. The van der Waals surface area contributed by atoms with Gasteiger partial charge in [0.1, 0.15) is 0 Å². The van der Waals surface area contributed by atoms with Gasteiger partial charge in [-0.3, -0.25) is 0 Å². The van der Waals surface area contributed by atoms with E-state index in [0.717, 1.165) is 38.7 Å². The third-order valence-corrected chi connectivity index (χ3v) is 3.33. The van der Waals surface area contributed by atoms with E-state index in [0.29, 0.717) is 19.6 Å². The number of rotatable bonds is 9. The summed E-state index contributed by atoms with van der Waals surface area (Å²) >= 11 is 0. The van der Waals surface area contributed by atoms with Crippen LogP contribution >= 0.6 is 0 Å². The molecule has 1 unspecified atom stereocenters. The van der Waals surface area contributed by atoms with Crippen LogP contribution < -0.4 is 0 Å². The van der Waals surface area contributed by atoms with Crippen molar-refractivity contribution >= 4 is 0 Å². The van der Waals surface area contributed by atoms with Crippen LogP contribution in [0.15, 0.2) is 0 Å². The molecule has 0 bridgehead atoms. The summed E-state index contributed by atoms with van der Waals surface area (Å²) in [5, 5.41) is 0. The average Bonchev–Trinajstić information content (AvgIpc) is 2.37. The Morgan fingerprint density at radius 3 is 2.42 bits per heavy atom. The number of halogens is 3. The molecule has 0 aromatic carbocycles. The van der Waals surface area contributed by atoms with Crippen LogP contribution in [0.2, 0.25) is 0 Å². The molecule has 1 saturated heterocycles. The maximum atomic E-state index is 11.9. The molecule has 1 aliphatic rings. The van der Waals surface area contributed by atoms with Gasteiger partial charge in [-0.1, -0.05) is 19.3 Å². The Hall–Kier alpha value is -0.290. The van der Waals surface area contributed by atoms with E-state index in [1.807, 2.05) is 0 Å². The molecule has 1 fully saturated rings. The first kappa shape index (κ1) is 16.8. The number of alkyl halides is 3. The molecule has 0 aromatic heterocycles. The predicted molar refractivity (Wildman–Crippen MR) is 68.2 cm³/mol. The smallest absolute Gasteiger partial charge is 0.379 e. The SMILES string of the molecule is FC(F)(F)CCCCCCCOCC1CCCCO1. The number of ether oxygens (including phenoxy) is 2. The van der Waals surface area contributed by atoms with Crippen molar-refractivity contribution in [1.82, 2.24) is 0 Å². The maximum absolute atomic E-state index is 11.9. The van der Waals surface area contributed by atoms with Gasteiger partial charge in [-0.05, 0) is 32.1 Å². The highest BCUT2D eigenvalue weighted by atomic mass is 19.4. The topological polar surface area (TPSA) is 18.5 Å². The molecule has 1 rings (SSSR count). The van der Waals surface area contributed by atoms with Gasteiger partial charge < -0.3 is 9.47 Å². The van der Waals surface area contributed by atoms with Crippen molar-refractivity contribution in [3.05, 3.63) is 0 Å². The standard InChI is InChI=1S/C14H25F3O2/c15-14(16,17)9-5-2-1-3-6-10-18-12-13-8-4-7-11-19-13/h13H,1-12H2. The Balaban J connectivity index is 1.78. The van der Waals surface area contributed by atoms with Gasteiger partial charge in [0, 0.05) is 19.6 Å². The summed E-state index contributed by atoms with van der Waals surface area (Å²) in [6.45, 7) is 2.19. The highest BCUT2D eigenvalue weighted by Gasteiger charge is 2.25. The second-order valence-electron chi connectivity index (χ2n) is 5.20. The highest BCUT2D eigenvalue weighted by molar-refractivity contribution is 4.62. The van der Waals surface area contributed by atoms with Crippen molar-refractivity contribution in [3.63, 3.8) is 0 Å². The summed E-state index contributed by atoms with van der Waals surface area (Å²) < 4.78 is 46.7. The number of unbranched alkanes of at least 4 members (excludes halogenated alkanes) is 4. The monoisotopic (exact) mass is 282 g/mol. The third kappa shape index (κ3) is 10.2. The van der Waals surface area contributed by atoms with Crippen LogP contribution in [0.3, 0.4) is 0 Å². The van der Waals surface area contributed by atoms with E-state index >= 15 is 0 Å². The van der Waals surface area contributed by atoms with Gasteiger partial charge >= 0.3 is 6.18 Å². The van der Waals surface area contributed by atoms with E-state index in [1.54, 1.807) is 0 Å². The van der Waals surface area contributed by atoms with Crippen molar-refractivity contribution in [2.45, 2.75) is 70.1 Å². The lowest BCUT2D eigenvalue weighted by atomic mass is 10.1. The Labute approximate surface area is 113 Å². The van der Waals surface area contributed by atoms with Gasteiger partial charge in [0.15, 0.2) is 0 Å². The third-order valence-electron chi connectivity index (χ3n) is 3.33. The molecular formula is C14H25F3O2. The zero-order valence-electron chi connectivity index (χ0n) is 11.5. The van der Waals surface area contributed by atoms with Crippen molar-refractivity contribution in [3.8, 4) is 0 Å². The second kappa shape index (κ2) is 9.59. The number of hydrogen-bond acceptors (Lipinski definition) is 2. The van der Waals surface area contributed by atoms with Gasteiger partial charge in [0.25, 0.3) is 0 Å². The van der Waals surface area contributed by atoms with E-state index in [4.69, 9.17) is 9.47 Å². The fraction of sp³-hybridized carbons (Fsp3) is 1.00. The summed E-state index contributed by atoms with van der Waals surface area (Å²) in [5.74, 6) is 0. The highest BCUT2D eigenvalue weighted by Crippen LogP contribution is 2.23. The quantitative estimate of drug-likeness (QED) is 0.581. The Bertz CT molecular complexity index is 213. The fourth-order valence-corrected chi connectivity index (χ4v) is 2.21. The molecule has 1 heterocycles. The van der Waals surface area contributed by atoms with Crippen molar-refractivity contribution in [1.29, 1.82) is 0 Å². The lowest BCUT2D eigenvalue weighted by Gasteiger charge is -2.22. The molecule has 0 N–H and O–H groups in total. The lowest BCUT2D eigenvalue weighted by Crippen LogP contribution is -2.24. The van der Waals surface area contributed by atoms with E-state index in [9.17, 15) is 13.2 Å². The van der Waals surface area contributed by atoms with Crippen LogP contribution in [-0.4, -0.2) is 32.1 Å². The summed E-state index contributed by atoms with van der Waals surface area (Å²) in [6.07, 6.45) is 2.69. The second-order valence-corrected chi connectivity index (χ2v) is 5.20. The van der Waals surface area contributed by atoms with E-state index < -0.39 is 12.6 Å². The van der Waals surface area contributed by atoms with Crippen LogP contribution in [-0.2, 0) is 9.47 Å². The zero-order valence-corrected chi connectivity index (χ0v) is 11.5. The average molecular weight is 282 g/mol. The van der Waals surface area contributed by atoms with Crippen LogP contribution in [0.1, 0.15) is 57.8 Å². The first-order valence-corrected chi connectivity index (χ1v) is 7.34. The van der Waals surface area contributed by atoms with E-state index in [-0.39, 0.29) is 12.5 Å². The van der Waals surface area contributed by atoms with E-state index in [1.165, 1.54) is 6.42 Å². The molecule has 0 amide bonds. The maximum Gasteiger partial charge on any atom is 0.389 e. The van der Waals surface area contributed by atoms with Gasteiger partial charge in [-0.25, -0.2) is 0 Å². The van der Waals surface area contributed by atoms with Crippen LogP contribution in [0.5, 0.6) is 0 Å². The Morgan fingerprint density at radius 2 is 1.74 bits per heavy atom. The molecule has 1 atom stereocenters. The summed E-state index contributed by atoms with van der Waals surface area (Å²) in [4.78, 5) is 0. The van der Waals surface area contributed by atoms with Gasteiger partial charge in [0.2, 0.25) is 0 Å².